The molecule has 0 aromatic heterocycles. The third-order valence-corrected chi connectivity index (χ3v) is 8.88. The Balaban J connectivity index is 1.20. The topological polar surface area (TPSA) is 161 Å². The highest BCUT2D eigenvalue weighted by Gasteiger charge is 2.56. The summed E-state index contributed by atoms with van der Waals surface area (Å²) >= 11 is -1.63. The lowest BCUT2D eigenvalue weighted by molar-refractivity contribution is -0.167. The number of amides is 3. The highest BCUT2D eigenvalue weighted by Crippen LogP contribution is 2.36. The molecule has 3 fully saturated rings. The maximum Gasteiger partial charge on any atom is 0.327 e. The number of carboxylic acids is 1. The van der Waals surface area contributed by atoms with Crippen LogP contribution < -0.4 is 5.73 Å². The smallest absolute Gasteiger partial charge is 0.327 e. The molecular formula is C26H38N6O6S. The van der Waals surface area contributed by atoms with Crippen LogP contribution in [0.1, 0.15) is 37.7 Å². The van der Waals surface area contributed by atoms with E-state index in [9.17, 15) is 23.7 Å². The number of carbonyl (C=O) groups is 3. The molecule has 214 valence electrons. The maximum absolute atomic E-state index is 13.1. The summed E-state index contributed by atoms with van der Waals surface area (Å²) < 4.78 is 19.7. The summed E-state index contributed by atoms with van der Waals surface area (Å²) in [5, 5.41) is 17.5. The van der Waals surface area contributed by atoms with Gasteiger partial charge in [0.25, 0.3) is 0 Å². The van der Waals surface area contributed by atoms with Gasteiger partial charge in [-0.05, 0) is 50.0 Å². The van der Waals surface area contributed by atoms with Crippen LogP contribution in [-0.2, 0) is 31.5 Å². The molecule has 3 aliphatic heterocycles. The van der Waals surface area contributed by atoms with Crippen molar-refractivity contribution in [2.24, 2.45) is 17.6 Å². The van der Waals surface area contributed by atoms with Crippen LogP contribution in [0.2, 0.25) is 0 Å². The van der Waals surface area contributed by atoms with Gasteiger partial charge in [0, 0.05) is 39.3 Å². The number of aliphatic carboxylic acids is 1. The van der Waals surface area contributed by atoms with Gasteiger partial charge in [-0.25, -0.2) is 18.7 Å². The predicted octanol–water partition coefficient (Wildman–Crippen LogP) is 1.25. The van der Waals surface area contributed by atoms with E-state index in [2.05, 4.69) is 12.1 Å². The first-order chi connectivity index (χ1) is 18.8. The monoisotopic (exact) mass is 562 g/mol. The van der Waals surface area contributed by atoms with E-state index < -0.39 is 41.1 Å². The Labute approximate surface area is 231 Å². The summed E-state index contributed by atoms with van der Waals surface area (Å²) in [7, 11) is 0. The predicted molar refractivity (Wildman–Crippen MR) is 145 cm³/mol. The van der Waals surface area contributed by atoms with Crippen LogP contribution in [0, 0.1) is 17.2 Å². The summed E-state index contributed by atoms with van der Waals surface area (Å²) in [5.74, 6) is -2.44. The minimum atomic E-state index is -1.63. The Hall–Kier alpha value is -3.03. The van der Waals surface area contributed by atoms with Gasteiger partial charge >= 0.3 is 12.0 Å². The quantitative estimate of drug-likeness (QED) is 0.166. The summed E-state index contributed by atoms with van der Waals surface area (Å²) in [4.78, 5) is 42.1. The molecule has 3 aliphatic rings. The van der Waals surface area contributed by atoms with Gasteiger partial charge < -0.3 is 20.6 Å². The summed E-state index contributed by atoms with van der Waals surface area (Å²) in [6.45, 7) is 2.59. The van der Waals surface area contributed by atoms with Crippen molar-refractivity contribution in [2.75, 3.05) is 45.9 Å². The standard InChI is InChI=1S/C26H38N6O6S/c27-25(28)30-11-6-10-20(18-30)17-21-22(24(34)35)32(23(21)33)26(36)29-12-14-31(15-13-29)39(37)38-16-5-4-9-19-7-2-1-3-8-19/h1-3,7-8,20-22H,4-6,9-18H2,(H3,27,28)(H,34,35). The fourth-order valence-electron chi connectivity index (χ4n) is 5.57. The molecule has 1 aromatic rings. The van der Waals surface area contributed by atoms with Crippen molar-refractivity contribution in [1.82, 2.24) is 19.0 Å². The molecule has 3 heterocycles. The van der Waals surface area contributed by atoms with Crippen LogP contribution in [0.5, 0.6) is 0 Å². The van der Waals surface area contributed by atoms with E-state index in [4.69, 9.17) is 15.3 Å². The molecule has 0 saturated carbocycles. The van der Waals surface area contributed by atoms with E-state index >= 15 is 0 Å². The minimum Gasteiger partial charge on any atom is -0.480 e. The van der Waals surface area contributed by atoms with E-state index in [1.165, 1.54) is 10.5 Å². The van der Waals surface area contributed by atoms with Crippen LogP contribution in [-0.4, -0.2) is 104 Å². The fraction of sp³-hybridized carbons (Fsp3) is 0.615. The Morgan fingerprint density at radius 3 is 2.46 bits per heavy atom. The Morgan fingerprint density at radius 1 is 1.08 bits per heavy atom. The number of carbonyl (C=O) groups excluding carboxylic acids is 2. The van der Waals surface area contributed by atoms with Gasteiger partial charge in [-0.2, -0.15) is 4.31 Å². The van der Waals surface area contributed by atoms with Gasteiger partial charge in [0.05, 0.1) is 12.5 Å². The van der Waals surface area contributed by atoms with Crippen LogP contribution in [0.25, 0.3) is 0 Å². The molecule has 4 rings (SSSR count). The summed E-state index contributed by atoms with van der Waals surface area (Å²) in [5.41, 5.74) is 6.85. The molecule has 3 amide bonds. The van der Waals surface area contributed by atoms with Crippen LogP contribution in [0.4, 0.5) is 4.79 Å². The van der Waals surface area contributed by atoms with Crippen molar-refractivity contribution < 1.29 is 27.9 Å². The number of β-lactam (4-membered cyclic amide) rings is 1. The zero-order valence-electron chi connectivity index (χ0n) is 22.1. The first kappa shape index (κ1) is 29.0. The van der Waals surface area contributed by atoms with Crippen molar-refractivity contribution in [1.29, 1.82) is 5.41 Å². The number of unbranched alkanes of at least 4 members (excludes halogenated alkanes) is 1. The van der Waals surface area contributed by atoms with Gasteiger partial charge in [-0.3, -0.25) is 14.4 Å². The molecule has 0 spiro atoms. The second kappa shape index (κ2) is 13.4. The molecule has 4 N–H and O–H groups in total. The van der Waals surface area contributed by atoms with E-state index in [-0.39, 0.29) is 25.0 Å². The van der Waals surface area contributed by atoms with Crippen molar-refractivity contribution in [3.05, 3.63) is 35.9 Å². The first-order valence-electron chi connectivity index (χ1n) is 13.5. The number of urea groups is 1. The van der Waals surface area contributed by atoms with Crippen LogP contribution >= 0.6 is 0 Å². The lowest BCUT2D eigenvalue weighted by atomic mass is 9.78. The van der Waals surface area contributed by atoms with Gasteiger partial charge in [0.15, 0.2) is 12.0 Å². The molecule has 1 aromatic carbocycles. The Bertz CT molecular complexity index is 1070. The fourth-order valence-corrected chi connectivity index (χ4v) is 6.44. The summed E-state index contributed by atoms with van der Waals surface area (Å²) in [6.07, 6.45) is 4.62. The van der Waals surface area contributed by atoms with Gasteiger partial charge in [-0.15, -0.1) is 0 Å². The molecule has 0 aliphatic carbocycles. The number of piperidine rings is 1. The number of piperazine rings is 1. The Morgan fingerprint density at radius 2 is 1.79 bits per heavy atom. The van der Waals surface area contributed by atoms with Crippen molar-refractivity contribution >= 4 is 35.1 Å². The molecule has 0 radical (unpaired) electrons. The third kappa shape index (κ3) is 7.14. The molecule has 39 heavy (non-hydrogen) atoms. The van der Waals surface area contributed by atoms with E-state index in [0.717, 1.165) is 37.0 Å². The number of likely N-dealkylation sites (tertiary alicyclic amines) is 2. The number of aryl methyl sites for hydroxylation is 1. The number of carboxylic acid groups (broad SMARTS) is 1. The van der Waals surface area contributed by atoms with Crippen LogP contribution in [0.3, 0.4) is 0 Å². The van der Waals surface area contributed by atoms with E-state index in [1.54, 1.807) is 9.21 Å². The molecule has 13 heteroatoms. The minimum absolute atomic E-state index is 0.0280. The number of imide groups is 1. The van der Waals surface area contributed by atoms with Gasteiger partial charge in [-0.1, -0.05) is 30.3 Å². The second-order valence-electron chi connectivity index (χ2n) is 10.4. The van der Waals surface area contributed by atoms with Gasteiger partial charge in [0.2, 0.25) is 17.2 Å². The number of rotatable bonds is 10. The number of nitrogens with zero attached hydrogens (tertiary/aromatic N) is 4. The normalized spacial score (nSPS) is 24.8. The SMILES string of the molecule is N=C(N)N1CCCC(CC2C(=O)N(C(=O)N3CCN(S(=O)OCCCCc4ccccc4)CC3)C2C(=O)O)C1. The zero-order chi connectivity index (χ0) is 27.9. The zero-order valence-corrected chi connectivity index (χ0v) is 22.9. The lowest BCUT2D eigenvalue weighted by Gasteiger charge is -2.47. The van der Waals surface area contributed by atoms with E-state index in [1.807, 2.05) is 18.2 Å². The number of benzene rings is 1. The van der Waals surface area contributed by atoms with Gasteiger partial charge in [0.1, 0.15) is 0 Å². The van der Waals surface area contributed by atoms with Crippen LogP contribution in [0.15, 0.2) is 30.3 Å². The number of hydrogen-bond acceptors (Lipinski definition) is 6. The Kier molecular flexibility index (Phi) is 9.92. The highest BCUT2D eigenvalue weighted by atomic mass is 32.2. The molecule has 12 nitrogen and oxygen atoms in total. The molecule has 4 unspecified atom stereocenters. The molecule has 0 bridgehead atoms. The third-order valence-electron chi connectivity index (χ3n) is 7.73. The van der Waals surface area contributed by atoms with Crippen molar-refractivity contribution in [3.8, 4) is 0 Å². The van der Waals surface area contributed by atoms with E-state index in [0.29, 0.717) is 39.2 Å². The maximum atomic E-state index is 13.1. The molecule has 4 atom stereocenters. The highest BCUT2D eigenvalue weighted by molar-refractivity contribution is 7.77. The first-order valence-corrected chi connectivity index (χ1v) is 14.6. The van der Waals surface area contributed by atoms with Crippen molar-refractivity contribution in [2.45, 2.75) is 44.6 Å². The molecular weight excluding hydrogens is 524 g/mol. The lowest BCUT2D eigenvalue weighted by Crippen LogP contribution is -2.69. The number of nitrogens with one attached hydrogen (secondary N) is 1. The largest absolute Gasteiger partial charge is 0.480 e. The van der Waals surface area contributed by atoms with Crippen molar-refractivity contribution in [3.63, 3.8) is 0 Å². The average Bonchev–Trinajstić information content (AvgIpc) is 2.94. The summed E-state index contributed by atoms with van der Waals surface area (Å²) in [6, 6.07) is 8.32. The second-order valence-corrected chi connectivity index (χ2v) is 11.5. The average molecular weight is 563 g/mol. The number of guanidine groups is 1. The number of hydrogen-bond donors (Lipinski definition) is 3. The number of nitrogens with two attached hydrogens (primary N) is 1. The molecule has 3 saturated heterocycles.